The van der Waals surface area contributed by atoms with E-state index in [9.17, 15) is 9.59 Å². The molecule has 1 heterocycles. The van der Waals surface area contributed by atoms with E-state index in [0.717, 1.165) is 0 Å². The largest absolute Gasteiger partial charge is 0.333 e. The normalized spacial score (nSPS) is 13.8. The van der Waals surface area contributed by atoms with Gasteiger partial charge in [-0.1, -0.05) is 29.3 Å². The van der Waals surface area contributed by atoms with Gasteiger partial charge in [-0.3, -0.25) is 9.59 Å². The van der Waals surface area contributed by atoms with Crippen LogP contribution in [0, 0.1) is 5.92 Å². The number of amides is 2. The lowest BCUT2D eigenvalue weighted by Gasteiger charge is -2.31. The first-order chi connectivity index (χ1) is 10.0. The molecule has 5 nitrogen and oxygen atoms in total. The maximum absolute atomic E-state index is 12.1. The zero-order chi connectivity index (χ0) is 15.4. The van der Waals surface area contributed by atoms with E-state index < -0.39 is 0 Å². The van der Waals surface area contributed by atoms with Crippen molar-refractivity contribution in [1.29, 1.82) is 0 Å². The highest BCUT2D eigenvalue weighted by Crippen LogP contribution is 2.29. The summed E-state index contributed by atoms with van der Waals surface area (Å²) in [5.41, 5.74) is 0.375. The Morgan fingerprint density at radius 2 is 1.91 bits per heavy atom. The van der Waals surface area contributed by atoms with Gasteiger partial charge in [0.25, 0.3) is 0 Å². The van der Waals surface area contributed by atoms with Gasteiger partial charge < -0.3 is 15.5 Å². The molecule has 0 unspecified atom stereocenters. The van der Waals surface area contributed by atoms with Crippen LogP contribution in [0.4, 0.5) is 5.69 Å². The van der Waals surface area contributed by atoms with Crippen LogP contribution in [0.15, 0.2) is 18.2 Å². The molecule has 122 valence electrons. The average Bonchev–Trinajstić information content (AvgIpc) is 2.38. The Bertz CT molecular complexity index is 530. The summed E-state index contributed by atoms with van der Waals surface area (Å²) in [7, 11) is 0. The van der Waals surface area contributed by atoms with Gasteiger partial charge in [0.1, 0.15) is 0 Å². The highest BCUT2D eigenvalue weighted by molar-refractivity contribution is 6.39. The Morgan fingerprint density at radius 3 is 2.36 bits per heavy atom. The van der Waals surface area contributed by atoms with Crippen LogP contribution in [0.5, 0.6) is 0 Å². The van der Waals surface area contributed by atoms with Crippen molar-refractivity contribution in [2.75, 3.05) is 31.5 Å². The molecule has 2 rings (SSSR count). The molecule has 1 saturated heterocycles. The van der Waals surface area contributed by atoms with Crippen molar-refractivity contribution in [3.63, 3.8) is 0 Å². The molecule has 0 atom stereocenters. The average molecular weight is 367 g/mol. The summed E-state index contributed by atoms with van der Waals surface area (Å²) in [6.45, 7) is 3.67. The van der Waals surface area contributed by atoms with Gasteiger partial charge in [-0.2, -0.15) is 0 Å². The minimum Gasteiger partial charge on any atom is -0.333 e. The van der Waals surface area contributed by atoms with Gasteiger partial charge in [-0.15, -0.1) is 12.4 Å². The predicted molar refractivity (Wildman–Crippen MR) is 91.0 cm³/mol. The van der Waals surface area contributed by atoms with Crippen LogP contribution >= 0.6 is 35.6 Å². The molecular weight excluding hydrogens is 349 g/mol. The number of hydrogen-bond donors (Lipinski definition) is 2. The van der Waals surface area contributed by atoms with Gasteiger partial charge in [0.15, 0.2) is 0 Å². The van der Waals surface area contributed by atoms with E-state index in [1.54, 1.807) is 18.2 Å². The van der Waals surface area contributed by atoms with E-state index in [2.05, 4.69) is 10.6 Å². The number of carbonyl (C=O) groups is 2. The second-order valence-electron chi connectivity index (χ2n) is 4.85. The van der Waals surface area contributed by atoms with Crippen LogP contribution in [-0.2, 0) is 9.59 Å². The maximum atomic E-state index is 12.1. The lowest BCUT2D eigenvalue weighted by atomic mass is 10.0. The summed E-state index contributed by atoms with van der Waals surface area (Å²) >= 11 is 12.0. The van der Waals surface area contributed by atoms with Crippen molar-refractivity contribution in [3.8, 4) is 0 Å². The lowest BCUT2D eigenvalue weighted by molar-refractivity contribution is -0.139. The van der Waals surface area contributed by atoms with Gasteiger partial charge in [-0.25, -0.2) is 0 Å². The fourth-order valence-corrected chi connectivity index (χ4v) is 2.53. The third kappa shape index (κ3) is 4.49. The summed E-state index contributed by atoms with van der Waals surface area (Å²) in [5.74, 6) is -0.342. The zero-order valence-electron chi connectivity index (χ0n) is 12.1. The fraction of sp³-hybridized carbons (Fsp3) is 0.429. The molecule has 22 heavy (non-hydrogen) atoms. The number of nitrogens with zero attached hydrogens (tertiary/aromatic N) is 1. The monoisotopic (exact) mass is 365 g/mol. The Kier molecular flexibility index (Phi) is 7.42. The van der Waals surface area contributed by atoms with Crippen molar-refractivity contribution in [1.82, 2.24) is 10.2 Å². The molecule has 0 aliphatic carbocycles. The highest BCUT2D eigenvalue weighted by atomic mass is 35.5. The molecule has 1 aliphatic heterocycles. The van der Waals surface area contributed by atoms with E-state index in [0.29, 0.717) is 35.4 Å². The number of anilines is 1. The second kappa shape index (κ2) is 8.58. The van der Waals surface area contributed by atoms with Crippen LogP contribution in [-0.4, -0.2) is 42.9 Å². The molecule has 1 aromatic carbocycles. The van der Waals surface area contributed by atoms with Gasteiger partial charge >= 0.3 is 0 Å². The number of para-hydroxylation sites is 1. The molecule has 0 saturated carbocycles. The van der Waals surface area contributed by atoms with Crippen LogP contribution in [0.2, 0.25) is 10.0 Å². The SMILES string of the molecule is CCN(CC(=O)Nc1c(Cl)cccc1Cl)C(=O)C1CNC1.Cl. The highest BCUT2D eigenvalue weighted by Gasteiger charge is 2.29. The summed E-state index contributed by atoms with van der Waals surface area (Å²) in [4.78, 5) is 25.7. The minimum absolute atomic E-state index is 0. The number of nitrogens with one attached hydrogen (secondary N) is 2. The third-order valence-electron chi connectivity index (χ3n) is 3.39. The smallest absolute Gasteiger partial charge is 0.244 e. The molecule has 0 spiro atoms. The van der Waals surface area contributed by atoms with Gasteiger partial charge in [0, 0.05) is 19.6 Å². The van der Waals surface area contributed by atoms with Crippen LogP contribution in [0.1, 0.15) is 6.92 Å². The topological polar surface area (TPSA) is 61.4 Å². The van der Waals surface area contributed by atoms with Crippen LogP contribution in [0.25, 0.3) is 0 Å². The second-order valence-corrected chi connectivity index (χ2v) is 5.67. The Morgan fingerprint density at radius 1 is 1.32 bits per heavy atom. The molecule has 1 aromatic rings. The summed E-state index contributed by atoms with van der Waals surface area (Å²) in [6.07, 6.45) is 0. The van der Waals surface area contributed by atoms with Gasteiger partial charge in [0.05, 0.1) is 28.2 Å². The third-order valence-corrected chi connectivity index (χ3v) is 4.02. The standard InChI is InChI=1S/C14H17Cl2N3O2.ClH/c1-2-19(14(21)9-6-17-7-9)8-12(20)18-13-10(15)4-3-5-11(13)16;/h3-5,9,17H,2,6-8H2,1H3,(H,18,20);1H. The minimum atomic E-state index is -0.313. The molecule has 0 radical (unpaired) electrons. The molecule has 1 aliphatic rings. The van der Waals surface area contributed by atoms with Gasteiger partial charge in [0.2, 0.25) is 11.8 Å². The molecular formula is C14H18Cl3N3O2. The molecule has 0 aromatic heterocycles. The van der Waals surface area contributed by atoms with Crippen molar-refractivity contribution >= 4 is 53.1 Å². The van der Waals surface area contributed by atoms with E-state index in [4.69, 9.17) is 23.2 Å². The Labute approximate surface area is 145 Å². The lowest BCUT2D eigenvalue weighted by Crippen LogP contribution is -2.53. The van der Waals surface area contributed by atoms with E-state index in [1.807, 2.05) is 6.92 Å². The number of rotatable bonds is 5. The summed E-state index contributed by atoms with van der Waals surface area (Å²) < 4.78 is 0. The Balaban J connectivity index is 0.00000242. The summed E-state index contributed by atoms with van der Waals surface area (Å²) in [5, 5.41) is 6.44. The Hall–Kier alpha value is -1.01. The van der Waals surface area contributed by atoms with E-state index in [-0.39, 0.29) is 36.7 Å². The number of halogens is 3. The first-order valence-electron chi connectivity index (χ1n) is 6.76. The van der Waals surface area contributed by atoms with Crippen molar-refractivity contribution in [3.05, 3.63) is 28.2 Å². The number of likely N-dealkylation sites (N-methyl/N-ethyl adjacent to an activating group) is 1. The maximum Gasteiger partial charge on any atom is 0.244 e. The number of hydrogen-bond acceptors (Lipinski definition) is 3. The van der Waals surface area contributed by atoms with Crippen LogP contribution in [0.3, 0.4) is 0 Å². The first-order valence-corrected chi connectivity index (χ1v) is 7.52. The van der Waals surface area contributed by atoms with Crippen LogP contribution < -0.4 is 10.6 Å². The zero-order valence-corrected chi connectivity index (χ0v) is 14.4. The van der Waals surface area contributed by atoms with Gasteiger partial charge in [-0.05, 0) is 19.1 Å². The number of benzene rings is 1. The molecule has 8 heteroatoms. The fourth-order valence-electron chi connectivity index (χ4n) is 2.04. The quantitative estimate of drug-likeness (QED) is 0.841. The summed E-state index contributed by atoms with van der Waals surface area (Å²) in [6, 6.07) is 4.99. The number of carbonyl (C=O) groups excluding carboxylic acids is 2. The predicted octanol–water partition coefficient (Wildman–Crippen LogP) is 2.42. The molecule has 2 amide bonds. The molecule has 2 N–H and O–H groups in total. The van der Waals surface area contributed by atoms with Crippen molar-refractivity contribution in [2.24, 2.45) is 5.92 Å². The van der Waals surface area contributed by atoms with Crippen molar-refractivity contribution in [2.45, 2.75) is 6.92 Å². The van der Waals surface area contributed by atoms with Crippen molar-refractivity contribution < 1.29 is 9.59 Å². The van der Waals surface area contributed by atoms with E-state index >= 15 is 0 Å². The molecule has 0 bridgehead atoms. The first kappa shape index (κ1) is 19.0. The van der Waals surface area contributed by atoms with E-state index in [1.165, 1.54) is 4.90 Å². The molecule has 1 fully saturated rings.